The highest BCUT2D eigenvalue weighted by Gasteiger charge is 1.85. The predicted molar refractivity (Wildman–Crippen MR) is 46.3 cm³/mol. The minimum atomic E-state index is 1.03. The molecule has 0 aromatic heterocycles. The molecule has 2 heteroatoms. The zero-order valence-electron chi connectivity index (χ0n) is 5.37. The molecule has 1 nitrogen and oxygen atoms in total. The number of nitrogens with one attached hydrogen (secondary N) is 1. The van der Waals surface area contributed by atoms with Crippen LogP contribution in [-0.4, -0.2) is 11.0 Å². The molecule has 0 radical (unpaired) electrons. The Kier molecular flexibility index (Phi) is 5.59. The Balaban J connectivity index is 3.38. The number of alkyl halides is 1. The molecule has 0 aromatic rings. The lowest BCUT2D eigenvalue weighted by Crippen LogP contribution is -2.12. The maximum absolute atomic E-state index is 3.24. The monoisotopic (exact) mass is 225 g/mol. The fourth-order valence-electron chi connectivity index (χ4n) is 0.454. The highest BCUT2D eigenvalue weighted by atomic mass is 127. The van der Waals surface area contributed by atoms with Crippen molar-refractivity contribution in [3.05, 3.63) is 11.8 Å². The molecule has 0 rings (SSSR count). The molecule has 1 N–H and O–H groups in total. The second-order valence-corrected chi connectivity index (χ2v) is 2.24. The van der Waals surface area contributed by atoms with Gasteiger partial charge in [-0.15, -0.1) is 0 Å². The van der Waals surface area contributed by atoms with Gasteiger partial charge in [0.25, 0.3) is 0 Å². The zero-order valence-corrected chi connectivity index (χ0v) is 7.53. The summed E-state index contributed by atoms with van der Waals surface area (Å²) in [4.78, 5) is 0. The van der Waals surface area contributed by atoms with Gasteiger partial charge in [0.15, 0.2) is 0 Å². The largest absolute Gasteiger partial charge is 0.388 e. The van der Waals surface area contributed by atoms with Gasteiger partial charge < -0.3 is 5.32 Å². The first kappa shape index (κ1) is 8.27. The number of allylic oxidation sites excluding steroid dienone is 2. The van der Waals surface area contributed by atoms with Crippen LogP contribution in [0.1, 0.15) is 13.8 Å². The van der Waals surface area contributed by atoms with Crippen LogP contribution in [0.25, 0.3) is 0 Å². The molecule has 0 atom stereocenters. The molecule has 0 aliphatic carbocycles. The standard InChI is InChI=1S/C6H12IN/c1-3-6(5-7)8-4-2/h3,8H,4-5H2,1-2H3/b6-3-. The van der Waals surface area contributed by atoms with E-state index in [2.05, 4.69) is 47.8 Å². The summed E-state index contributed by atoms with van der Waals surface area (Å²) >= 11 is 2.34. The molecule has 0 aliphatic heterocycles. The second kappa shape index (κ2) is 5.41. The van der Waals surface area contributed by atoms with E-state index in [9.17, 15) is 0 Å². The van der Waals surface area contributed by atoms with Crippen LogP contribution in [0.3, 0.4) is 0 Å². The van der Waals surface area contributed by atoms with Gasteiger partial charge in [-0.05, 0) is 13.8 Å². The summed E-state index contributed by atoms with van der Waals surface area (Å²) in [5, 5.41) is 3.24. The summed E-state index contributed by atoms with van der Waals surface area (Å²) in [5.74, 6) is 0. The molecule has 8 heavy (non-hydrogen) atoms. The fourth-order valence-corrected chi connectivity index (χ4v) is 1.16. The first-order valence-corrected chi connectivity index (χ1v) is 4.32. The van der Waals surface area contributed by atoms with Crippen LogP contribution >= 0.6 is 22.6 Å². The highest BCUT2D eigenvalue weighted by molar-refractivity contribution is 14.1. The number of rotatable bonds is 3. The number of hydrogen-bond acceptors (Lipinski definition) is 1. The van der Waals surface area contributed by atoms with Gasteiger partial charge in [0.1, 0.15) is 0 Å². The van der Waals surface area contributed by atoms with E-state index < -0.39 is 0 Å². The van der Waals surface area contributed by atoms with Crippen molar-refractivity contribution in [2.75, 3.05) is 11.0 Å². The van der Waals surface area contributed by atoms with Crippen LogP contribution in [0, 0.1) is 0 Å². The lowest BCUT2D eigenvalue weighted by Gasteiger charge is -2.01. The third kappa shape index (κ3) is 3.29. The summed E-state index contributed by atoms with van der Waals surface area (Å²) in [6, 6.07) is 0. The van der Waals surface area contributed by atoms with Gasteiger partial charge in [-0.3, -0.25) is 0 Å². The van der Waals surface area contributed by atoms with Crippen LogP contribution < -0.4 is 5.32 Å². The van der Waals surface area contributed by atoms with Crippen molar-refractivity contribution in [2.24, 2.45) is 0 Å². The Morgan fingerprint density at radius 1 is 1.75 bits per heavy atom. The predicted octanol–water partition coefficient (Wildman–Crippen LogP) is 1.93. The van der Waals surface area contributed by atoms with Gasteiger partial charge in [-0.2, -0.15) is 0 Å². The summed E-state index contributed by atoms with van der Waals surface area (Å²) < 4.78 is 1.09. The van der Waals surface area contributed by atoms with Gasteiger partial charge in [0, 0.05) is 16.7 Å². The third-order valence-electron chi connectivity index (χ3n) is 0.896. The maximum Gasteiger partial charge on any atom is 0.0391 e. The van der Waals surface area contributed by atoms with E-state index in [4.69, 9.17) is 0 Å². The molecule has 0 bridgehead atoms. The SMILES string of the molecule is C/C=C(/CI)NCC. The molecular weight excluding hydrogens is 213 g/mol. The molecule has 0 fully saturated rings. The Labute approximate surface area is 64.7 Å². The molecule has 0 unspecified atom stereocenters. The van der Waals surface area contributed by atoms with Crippen molar-refractivity contribution in [2.45, 2.75) is 13.8 Å². The highest BCUT2D eigenvalue weighted by Crippen LogP contribution is 1.93. The van der Waals surface area contributed by atoms with Gasteiger partial charge in [-0.25, -0.2) is 0 Å². The Hall–Kier alpha value is 0.270. The van der Waals surface area contributed by atoms with E-state index in [1.807, 2.05) is 0 Å². The average Bonchev–Trinajstić information content (AvgIpc) is 1.83. The Morgan fingerprint density at radius 2 is 2.38 bits per heavy atom. The molecule has 0 spiro atoms. The molecule has 0 aliphatic rings. The minimum Gasteiger partial charge on any atom is -0.388 e. The van der Waals surface area contributed by atoms with Gasteiger partial charge in [0.05, 0.1) is 0 Å². The van der Waals surface area contributed by atoms with Crippen LogP contribution in [0.15, 0.2) is 11.8 Å². The van der Waals surface area contributed by atoms with Crippen LogP contribution in [0.5, 0.6) is 0 Å². The van der Waals surface area contributed by atoms with Crippen molar-refractivity contribution >= 4 is 22.6 Å². The van der Waals surface area contributed by atoms with Gasteiger partial charge in [-0.1, -0.05) is 28.7 Å². The van der Waals surface area contributed by atoms with E-state index >= 15 is 0 Å². The minimum absolute atomic E-state index is 1.03. The zero-order chi connectivity index (χ0) is 6.41. The number of halogens is 1. The average molecular weight is 225 g/mol. The molecule has 0 heterocycles. The first-order chi connectivity index (χ1) is 3.85. The summed E-state index contributed by atoms with van der Waals surface area (Å²) in [5.41, 5.74) is 1.33. The number of hydrogen-bond donors (Lipinski definition) is 1. The fraction of sp³-hybridized carbons (Fsp3) is 0.667. The second-order valence-electron chi connectivity index (χ2n) is 1.48. The molecule has 0 saturated heterocycles. The van der Waals surface area contributed by atoms with E-state index in [-0.39, 0.29) is 0 Å². The van der Waals surface area contributed by atoms with Crippen molar-refractivity contribution in [3.63, 3.8) is 0 Å². The van der Waals surface area contributed by atoms with E-state index in [1.165, 1.54) is 5.70 Å². The Bertz CT molecular complexity index is 78.6. The van der Waals surface area contributed by atoms with E-state index in [0.717, 1.165) is 11.0 Å². The van der Waals surface area contributed by atoms with Crippen LogP contribution in [0.4, 0.5) is 0 Å². The molecule has 0 amide bonds. The normalized spacial score (nSPS) is 11.6. The summed E-state index contributed by atoms with van der Waals surface area (Å²) in [6.07, 6.45) is 2.11. The topological polar surface area (TPSA) is 12.0 Å². The van der Waals surface area contributed by atoms with Crippen molar-refractivity contribution < 1.29 is 0 Å². The smallest absolute Gasteiger partial charge is 0.0391 e. The molecule has 0 aromatic carbocycles. The van der Waals surface area contributed by atoms with Crippen LogP contribution in [0.2, 0.25) is 0 Å². The van der Waals surface area contributed by atoms with E-state index in [0.29, 0.717) is 0 Å². The first-order valence-electron chi connectivity index (χ1n) is 2.80. The summed E-state index contributed by atoms with van der Waals surface area (Å²) in [7, 11) is 0. The van der Waals surface area contributed by atoms with Crippen molar-refractivity contribution in [1.29, 1.82) is 0 Å². The lowest BCUT2D eigenvalue weighted by molar-refractivity contribution is 0.859. The molecule has 0 saturated carbocycles. The third-order valence-corrected chi connectivity index (χ3v) is 1.72. The maximum atomic E-state index is 3.24. The molecular formula is C6H12IN. The van der Waals surface area contributed by atoms with Crippen LogP contribution in [-0.2, 0) is 0 Å². The van der Waals surface area contributed by atoms with E-state index in [1.54, 1.807) is 0 Å². The van der Waals surface area contributed by atoms with Gasteiger partial charge >= 0.3 is 0 Å². The Morgan fingerprint density at radius 3 is 2.50 bits per heavy atom. The molecule has 48 valence electrons. The summed E-state index contributed by atoms with van der Waals surface area (Å²) in [6.45, 7) is 5.19. The quantitative estimate of drug-likeness (QED) is 0.571. The lowest BCUT2D eigenvalue weighted by atomic mass is 10.4. The van der Waals surface area contributed by atoms with Crippen molar-refractivity contribution in [1.82, 2.24) is 5.32 Å². The van der Waals surface area contributed by atoms with Gasteiger partial charge in [0.2, 0.25) is 0 Å². The van der Waals surface area contributed by atoms with Crippen molar-refractivity contribution in [3.8, 4) is 0 Å².